The Balaban J connectivity index is 1.25. The summed E-state index contributed by atoms with van der Waals surface area (Å²) in [5.41, 5.74) is 1.18. The molecule has 2 aliphatic rings. The Bertz CT molecular complexity index is 696. The fraction of sp³-hybridized carbons (Fsp3) is 0.759. The quantitative estimate of drug-likeness (QED) is 0.304. The summed E-state index contributed by atoms with van der Waals surface area (Å²) in [7, 11) is 0. The predicted molar refractivity (Wildman–Crippen MR) is 130 cm³/mol. The number of unbranched alkanes of at least 4 members (excludes halogenated alkanes) is 6. The normalized spacial score (nSPS) is 26.0. The van der Waals surface area contributed by atoms with Crippen LogP contribution in [0.4, 0.5) is 4.39 Å². The fourth-order valence-electron chi connectivity index (χ4n) is 5.79. The van der Waals surface area contributed by atoms with Crippen molar-refractivity contribution in [2.75, 3.05) is 6.61 Å². The van der Waals surface area contributed by atoms with Crippen molar-refractivity contribution in [1.82, 2.24) is 0 Å². The molecule has 0 radical (unpaired) electrons. The molecule has 0 aromatic heterocycles. The maximum absolute atomic E-state index is 13.9. The van der Waals surface area contributed by atoms with Gasteiger partial charge in [0.05, 0.1) is 11.7 Å². The number of nitriles is 1. The van der Waals surface area contributed by atoms with Crippen molar-refractivity contribution in [3.05, 3.63) is 35.1 Å². The van der Waals surface area contributed by atoms with E-state index in [1.807, 2.05) is 12.1 Å². The number of benzene rings is 1. The zero-order valence-electron chi connectivity index (χ0n) is 20.3. The van der Waals surface area contributed by atoms with Crippen LogP contribution >= 0.6 is 0 Å². The first-order valence-corrected chi connectivity index (χ1v) is 13.5. The van der Waals surface area contributed by atoms with E-state index in [-0.39, 0.29) is 11.4 Å². The molecule has 0 heterocycles. The second-order valence-electron chi connectivity index (χ2n) is 10.5. The van der Waals surface area contributed by atoms with Crippen LogP contribution < -0.4 is 0 Å². The summed E-state index contributed by atoms with van der Waals surface area (Å²) in [5, 5.41) is 8.91. The van der Waals surface area contributed by atoms with E-state index in [0.717, 1.165) is 49.7 Å². The first-order valence-electron chi connectivity index (χ1n) is 13.5. The van der Waals surface area contributed by atoms with Crippen molar-refractivity contribution in [2.45, 2.75) is 122 Å². The van der Waals surface area contributed by atoms with Crippen molar-refractivity contribution in [1.29, 1.82) is 5.26 Å². The Hall–Kier alpha value is -1.40. The van der Waals surface area contributed by atoms with Crippen LogP contribution in [0.2, 0.25) is 0 Å². The largest absolute Gasteiger partial charge is 0.378 e. The maximum Gasteiger partial charge on any atom is 0.141 e. The van der Waals surface area contributed by atoms with Gasteiger partial charge in [-0.05, 0) is 74.0 Å². The molecule has 0 N–H and O–H groups in total. The van der Waals surface area contributed by atoms with Crippen LogP contribution in [-0.4, -0.2) is 12.7 Å². The average Bonchev–Trinajstić information content (AvgIpc) is 2.83. The van der Waals surface area contributed by atoms with Gasteiger partial charge in [-0.2, -0.15) is 5.26 Å². The van der Waals surface area contributed by atoms with Gasteiger partial charge in [0.2, 0.25) is 0 Å². The third kappa shape index (κ3) is 8.18. The number of halogens is 1. The Morgan fingerprint density at radius 3 is 2.19 bits per heavy atom. The molecular weight excluding hydrogens is 397 g/mol. The molecule has 2 aliphatic carbocycles. The second-order valence-corrected chi connectivity index (χ2v) is 10.5. The molecule has 2 saturated carbocycles. The minimum atomic E-state index is -0.383. The topological polar surface area (TPSA) is 33.0 Å². The van der Waals surface area contributed by atoms with E-state index < -0.39 is 0 Å². The zero-order chi connectivity index (χ0) is 22.6. The van der Waals surface area contributed by atoms with E-state index in [0.29, 0.717) is 12.0 Å². The summed E-state index contributed by atoms with van der Waals surface area (Å²) in [5.74, 6) is 1.74. The SMILES string of the molecule is CCCCCCCCCC1CCC(COC2CCC(c3ccc(C#N)c(F)c3)CC2)CC1. The van der Waals surface area contributed by atoms with Crippen molar-refractivity contribution in [2.24, 2.45) is 11.8 Å². The molecular formula is C29H44FNO. The summed E-state index contributed by atoms with van der Waals surface area (Å²) < 4.78 is 20.3. The molecule has 1 aromatic rings. The second kappa shape index (κ2) is 14.0. The molecule has 0 bridgehead atoms. The van der Waals surface area contributed by atoms with Crippen LogP contribution in [-0.2, 0) is 4.74 Å². The average molecular weight is 442 g/mol. The third-order valence-corrected chi connectivity index (χ3v) is 8.01. The van der Waals surface area contributed by atoms with E-state index >= 15 is 0 Å². The van der Waals surface area contributed by atoms with Crippen molar-refractivity contribution in [3.63, 3.8) is 0 Å². The van der Waals surface area contributed by atoms with Gasteiger partial charge >= 0.3 is 0 Å². The number of nitrogens with zero attached hydrogens (tertiary/aromatic N) is 1. The van der Waals surface area contributed by atoms with E-state index in [2.05, 4.69) is 6.92 Å². The summed E-state index contributed by atoms with van der Waals surface area (Å²) in [6.07, 6.45) is 21.5. The molecule has 2 fully saturated rings. The van der Waals surface area contributed by atoms with Gasteiger partial charge in [-0.3, -0.25) is 0 Å². The van der Waals surface area contributed by atoms with Crippen LogP contribution in [0.1, 0.15) is 127 Å². The summed E-state index contributed by atoms with van der Waals surface area (Å²) in [6, 6.07) is 7.02. The molecule has 32 heavy (non-hydrogen) atoms. The first kappa shape index (κ1) is 25.2. The molecule has 3 heteroatoms. The zero-order valence-corrected chi connectivity index (χ0v) is 20.3. The maximum atomic E-state index is 13.9. The van der Waals surface area contributed by atoms with Gasteiger partial charge < -0.3 is 4.74 Å². The summed E-state index contributed by atoms with van der Waals surface area (Å²) in [4.78, 5) is 0. The van der Waals surface area contributed by atoms with Gasteiger partial charge in [-0.25, -0.2) is 4.39 Å². The lowest BCUT2D eigenvalue weighted by molar-refractivity contribution is -0.00485. The number of ether oxygens (including phenoxy) is 1. The Morgan fingerprint density at radius 1 is 0.875 bits per heavy atom. The van der Waals surface area contributed by atoms with Crippen molar-refractivity contribution < 1.29 is 9.13 Å². The van der Waals surface area contributed by atoms with Crippen LogP contribution in [0.5, 0.6) is 0 Å². The molecule has 3 rings (SSSR count). The molecule has 0 saturated heterocycles. The molecule has 0 spiro atoms. The van der Waals surface area contributed by atoms with Crippen LogP contribution in [0, 0.1) is 29.0 Å². The Labute approximate surface area is 195 Å². The van der Waals surface area contributed by atoms with E-state index in [9.17, 15) is 4.39 Å². The molecule has 2 nitrogen and oxygen atoms in total. The smallest absolute Gasteiger partial charge is 0.141 e. The van der Waals surface area contributed by atoms with Gasteiger partial charge in [0.25, 0.3) is 0 Å². The molecule has 0 aliphatic heterocycles. The number of hydrogen-bond donors (Lipinski definition) is 0. The summed E-state index contributed by atoms with van der Waals surface area (Å²) >= 11 is 0. The first-order chi connectivity index (χ1) is 15.7. The number of rotatable bonds is 12. The van der Waals surface area contributed by atoms with Crippen molar-refractivity contribution >= 4 is 0 Å². The molecule has 0 atom stereocenters. The molecule has 0 amide bonds. The van der Waals surface area contributed by atoms with E-state index in [4.69, 9.17) is 10.00 Å². The van der Waals surface area contributed by atoms with Crippen LogP contribution in [0.15, 0.2) is 18.2 Å². The molecule has 0 unspecified atom stereocenters. The molecule has 1 aromatic carbocycles. The van der Waals surface area contributed by atoms with E-state index in [1.165, 1.54) is 77.0 Å². The summed E-state index contributed by atoms with van der Waals surface area (Å²) in [6.45, 7) is 3.22. The minimum absolute atomic E-state index is 0.142. The number of hydrogen-bond acceptors (Lipinski definition) is 2. The van der Waals surface area contributed by atoms with Crippen molar-refractivity contribution in [3.8, 4) is 6.07 Å². The lowest BCUT2D eigenvalue weighted by atomic mass is 9.80. The Morgan fingerprint density at radius 2 is 1.53 bits per heavy atom. The van der Waals surface area contributed by atoms with Crippen LogP contribution in [0.25, 0.3) is 0 Å². The molecule has 178 valence electrons. The van der Waals surface area contributed by atoms with Gasteiger partial charge in [0, 0.05) is 6.61 Å². The third-order valence-electron chi connectivity index (χ3n) is 8.01. The Kier molecular flexibility index (Phi) is 11.0. The highest BCUT2D eigenvalue weighted by Gasteiger charge is 2.26. The predicted octanol–water partition coefficient (Wildman–Crippen LogP) is 8.69. The highest BCUT2D eigenvalue weighted by Crippen LogP contribution is 2.36. The lowest BCUT2D eigenvalue weighted by Gasteiger charge is -2.32. The monoisotopic (exact) mass is 441 g/mol. The lowest BCUT2D eigenvalue weighted by Crippen LogP contribution is -2.25. The minimum Gasteiger partial charge on any atom is -0.378 e. The van der Waals surface area contributed by atoms with Gasteiger partial charge in [-0.15, -0.1) is 0 Å². The fourth-order valence-corrected chi connectivity index (χ4v) is 5.79. The standard InChI is InChI=1S/C29H44FNO/c1-2-3-4-5-6-7-8-9-23-10-12-24(13-11-23)22-32-28-18-16-25(17-19-28)26-14-15-27(21-31)29(30)20-26/h14-15,20,23-25,28H,2-13,16-19,22H2,1H3. The highest BCUT2D eigenvalue weighted by molar-refractivity contribution is 5.34. The van der Waals surface area contributed by atoms with E-state index in [1.54, 1.807) is 12.1 Å². The highest BCUT2D eigenvalue weighted by atomic mass is 19.1. The van der Waals surface area contributed by atoms with Crippen LogP contribution in [0.3, 0.4) is 0 Å². The van der Waals surface area contributed by atoms with Gasteiger partial charge in [0.15, 0.2) is 0 Å². The van der Waals surface area contributed by atoms with Gasteiger partial charge in [-0.1, -0.05) is 77.2 Å². The van der Waals surface area contributed by atoms with Gasteiger partial charge in [0.1, 0.15) is 11.9 Å².